The van der Waals surface area contributed by atoms with Gasteiger partial charge < -0.3 is 10.0 Å². The molecule has 2 aliphatic carbocycles. The third kappa shape index (κ3) is 5.47. The van der Waals surface area contributed by atoms with E-state index in [4.69, 9.17) is 0 Å². The van der Waals surface area contributed by atoms with Crippen LogP contribution in [0.5, 0.6) is 5.75 Å². The van der Waals surface area contributed by atoms with Crippen LogP contribution < -0.4 is 15.2 Å². The zero-order chi connectivity index (χ0) is 40.7. The fourth-order valence-electron chi connectivity index (χ4n) is 9.69. The maximum Gasteiger partial charge on any atom is 0.301 e. The van der Waals surface area contributed by atoms with Crippen molar-refractivity contribution >= 4 is 52.1 Å². The van der Waals surface area contributed by atoms with E-state index in [2.05, 4.69) is 5.43 Å². The lowest BCUT2D eigenvalue weighted by atomic mass is 9.49. The van der Waals surface area contributed by atoms with Crippen LogP contribution in [0.15, 0.2) is 96.6 Å². The Hall–Kier alpha value is -6.90. The van der Waals surface area contributed by atoms with Gasteiger partial charge in [0.05, 0.1) is 44.4 Å². The highest BCUT2D eigenvalue weighted by molar-refractivity contribution is 6.23. The standard InChI is InChI=1S/C42H38N6O9/c1-22-10-13-26(14-11-22)43-46-39(51)31-21-30-28(36(24-12-17-34(49)23(2)18-24)42(31,41(46)53)25-8-6-5-7-9-25)15-16-29-35(30)40(52)45(38(29)50)27-19-32(47(54)55)37(44(3)4)33(20-27)48(56)57/h5-15,17-20,29-31,35-36,43,49H,16,21H2,1-4H3/t29-,30+,31-,35-,36-,42+/m0/s1. The molecule has 2 saturated heterocycles. The molecule has 2 heterocycles. The maximum atomic E-state index is 15.3. The van der Waals surface area contributed by atoms with Gasteiger partial charge in [-0.05, 0) is 67.5 Å². The number of fused-ring (bicyclic) bond motifs is 4. The molecular formula is C42H38N6O9. The second-order valence-electron chi connectivity index (χ2n) is 15.4. The summed E-state index contributed by atoms with van der Waals surface area (Å²) in [7, 11) is 2.83. The predicted molar refractivity (Wildman–Crippen MR) is 208 cm³/mol. The minimum Gasteiger partial charge on any atom is -0.508 e. The number of phenols is 1. The highest BCUT2D eigenvalue weighted by Gasteiger charge is 2.70. The second kappa shape index (κ2) is 13.4. The zero-order valence-electron chi connectivity index (χ0n) is 31.4. The van der Waals surface area contributed by atoms with Crippen molar-refractivity contribution in [2.45, 2.75) is 38.0 Å². The Morgan fingerprint density at radius 3 is 2.07 bits per heavy atom. The number of carbonyl (C=O) groups excluding carboxylic acids is 4. The lowest BCUT2D eigenvalue weighted by Gasteiger charge is -2.50. The third-order valence-corrected chi connectivity index (χ3v) is 12.1. The normalized spacial score (nSPS) is 25.1. The third-order valence-electron chi connectivity index (χ3n) is 12.1. The van der Waals surface area contributed by atoms with Crippen LogP contribution in [0.1, 0.15) is 41.0 Å². The first-order valence-electron chi connectivity index (χ1n) is 18.4. The molecule has 4 aromatic rings. The number of nitro groups is 2. The van der Waals surface area contributed by atoms with Gasteiger partial charge in [-0.2, -0.15) is 5.01 Å². The van der Waals surface area contributed by atoms with Gasteiger partial charge in [0, 0.05) is 32.1 Å². The van der Waals surface area contributed by atoms with Crippen LogP contribution in [0, 0.1) is 57.7 Å². The van der Waals surface area contributed by atoms with E-state index in [0.717, 1.165) is 27.6 Å². The smallest absolute Gasteiger partial charge is 0.301 e. The molecule has 2 aliphatic heterocycles. The van der Waals surface area contributed by atoms with Gasteiger partial charge in [-0.25, -0.2) is 4.90 Å². The molecule has 0 aromatic heterocycles. The molecule has 290 valence electrons. The van der Waals surface area contributed by atoms with Gasteiger partial charge in [-0.3, -0.25) is 44.8 Å². The van der Waals surface area contributed by atoms with E-state index < -0.39 is 79.9 Å². The van der Waals surface area contributed by atoms with Gasteiger partial charge in [0.1, 0.15) is 5.75 Å². The molecule has 8 rings (SSSR count). The molecule has 0 unspecified atom stereocenters. The summed E-state index contributed by atoms with van der Waals surface area (Å²) in [6.07, 6.45) is 1.93. The van der Waals surface area contributed by atoms with Gasteiger partial charge in [0.25, 0.3) is 11.8 Å². The number of phenolic OH excluding ortho intramolecular Hbond substituents is 1. The average molecular weight is 771 g/mol. The molecule has 0 radical (unpaired) electrons. The number of hydrogen-bond donors (Lipinski definition) is 2. The molecule has 0 spiro atoms. The first kappa shape index (κ1) is 37.0. The maximum absolute atomic E-state index is 15.3. The van der Waals surface area contributed by atoms with Crippen LogP contribution in [0.2, 0.25) is 0 Å². The molecule has 6 atom stereocenters. The van der Waals surface area contributed by atoms with Crippen molar-refractivity contribution in [3.8, 4) is 5.75 Å². The Morgan fingerprint density at radius 2 is 1.47 bits per heavy atom. The molecule has 4 amide bonds. The minimum absolute atomic E-state index is 0.00116. The number of rotatable bonds is 8. The lowest BCUT2D eigenvalue weighted by Crippen LogP contribution is -2.53. The number of nitro benzene ring substituents is 2. The van der Waals surface area contributed by atoms with Gasteiger partial charge in [-0.1, -0.05) is 71.8 Å². The summed E-state index contributed by atoms with van der Waals surface area (Å²) in [6.45, 7) is 3.64. The first-order chi connectivity index (χ1) is 27.2. The van der Waals surface area contributed by atoms with Crippen molar-refractivity contribution in [1.82, 2.24) is 5.01 Å². The molecule has 1 saturated carbocycles. The van der Waals surface area contributed by atoms with E-state index in [1.54, 1.807) is 43.3 Å². The second-order valence-corrected chi connectivity index (χ2v) is 15.4. The topological polar surface area (TPSA) is 197 Å². The number of imide groups is 2. The molecule has 57 heavy (non-hydrogen) atoms. The van der Waals surface area contributed by atoms with E-state index >= 15 is 4.79 Å². The van der Waals surface area contributed by atoms with Gasteiger partial charge >= 0.3 is 11.4 Å². The van der Waals surface area contributed by atoms with Crippen LogP contribution in [0.3, 0.4) is 0 Å². The van der Waals surface area contributed by atoms with Crippen molar-refractivity contribution in [3.05, 3.63) is 139 Å². The van der Waals surface area contributed by atoms with Crippen molar-refractivity contribution in [2.24, 2.45) is 23.7 Å². The summed E-state index contributed by atoms with van der Waals surface area (Å²) in [6, 6.07) is 23.2. The fraction of sp³-hybridized carbons (Fsp3) is 0.286. The van der Waals surface area contributed by atoms with Crippen molar-refractivity contribution < 1.29 is 34.1 Å². The Labute approximate surface area is 326 Å². The van der Waals surface area contributed by atoms with E-state index in [-0.39, 0.29) is 30.0 Å². The van der Waals surface area contributed by atoms with Crippen molar-refractivity contribution in [3.63, 3.8) is 0 Å². The molecular weight excluding hydrogens is 732 g/mol. The number of benzene rings is 4. The summed E-state index contributed by atoms with van der Waals surface area (Å²) in [4.78, 5) is 84.2. The van der Waals surface area contributed by atoms with Crippen LogP contribution >= 0.6 is 0 Å². The summed E-state index contributed by atoms with van der Waals surface area (Å²) in [5, 5.41) is 36.1. The van der Waals surface area contributed by atoms with E-state index in [0.29, 0.717) is 28.0 Å². The number of amides is 4. The Morgan fingerprint density at radius 1 is 0.825 bits per heavy atom. The number of nitrogens with one attached hydrogen (secondary N) is 1. The van der Waals surface area contributed by atoms with Crippen molar-refractivity contribution in [2.75, 3.05) is 29.3 Å². The zero-order valence-corrected chi connectivity index (χ0v) is 31.4. The Kier molecular flexibility index (Phi) is 8.70. The molecule has 15 nitrogen and oxygen atoms in total. The van der Waals surface area contributed by atoms with Crippen LogP contribution in [0.25, 0.3) is 0 Å². The fourth-order valence-corrected chi connectivity index (χ4v) is 9.69. The predicted octanol–water partition coefficient (Wildman–Crippen LogP) is 6.08. The number of anilines is 3. The minimum atomic E-state index is -1.52. The van der Waals surface area contributed by atoms with Crippen LogP contribution in [-0.2, 0) is 24.6 Å². The van der Waals surface area contributed by atoms with Crippen molar-refractivity contribution in [1.29, 1.82) is 0 Å². The lowest BCUT2D eigenvalue weighted by molar-refractivity contribution is -0.392. The van der Waals surface area contributed by atoms with Gasteiger partial charge in [-0.15, -0.1) is 0 Å². The molecule has 15 heteroatoms. The van der Waals surface area contributed by atoms with Crippen LogP contribution in [-0.4, -0.2) is 57.7 Å². The van der Waals surface area contributed by atoms with E-state index in [9.17, 15) is 39.7 Å². The van der Waals surface area contributed by atoms with E-state index in [1.807, 2.05) is 43.3 Å². The number of carbonyl (C=O) groups is 4. The monoisotopic (exact) mass is 770 g/mol. The Balaban J connectivity index is 1.30. The first-order valence-corrected chi connectivity index (χ1v) is 18.4. The molecule has 2 N–H and O–H groups in total. The summed E-state index contributed by atoms with van der Waals surface area (Å²) < 4.78 is 0. The summed E-state index contributed by atoms with van der Waals surface area (Å²) in [5.41, 5.74) is 3.51. The average Bonchev–Trinajstić information content (AvgIpc) is 3.57. The number of aryl methyl sites for hydroxylation is 2. The molecule has 3 fully saturated rings. The van der Waals surface area contributed by atoms with Gasteiger partial charge in [0.2, 0.25) is 11.8 Å². The largest absolute Gasteiger partial charge is 0.508 e. The number of aromatic hydroxyl groups is 1. The van der Waals surface area contributed by atoms with Crippen LogP contribution in [0.4, 0.5) is 28.4 Å². The SMILES string of the molecule is Cc1ccc(NN2C(=O)[C@@H]3C[C@@H]4C(=CC[C@@H]5C(=O)N(c6cc([N+](=O)[O-])c(N(C)C)c([N+](=O)[O-])c6)C(=O)[C@@H]54)[C@H](c4ccc(O)c(C)c4)[C@]3(c3ccccc3)C2=O)cc1. The quantitative estimate of drug-likeness (QED) is 0.0912. The number of hydrogen-bond acceptors (Lipinski definition) is 11. The number of hydrazine groups is 1. The van der Waals surface area contributed by atoms with E-state index in [1.165, 1.54) is 25.1 Å². The highest BCUT2D eigenvalue weighted by Crippen LogP contribution is 2.64. The molecule has 0 bridgehead atoms. The summed E-state index contributed by atoms with van der Waals surface area (Å²) >= 11 is 0. The molecule has 4 aromatic carbocycles. The summed E-state index contributed by atoms with van der Waals surface area (Å²) in [5.74, 6) is -7.01. The number of nitrogens with zero attached hydrogens (tertiary/aromatic N) is 5. The molecule has 4 aliphatic rings. The number of allylic oxidation sites excluding steroid dienone is 2. The highest BCUT2D eigenvalue weighted by atomic mass is 16.6. The Bertz CT molecular complexity index is 2410. The van der Waals surface area contributed by atoms with Gasteiger partial charge in [0.15, 0.2) is 5.69 Å².